The van der Waals surface area contributed by atoms with Crippen LogP contribution in [0.15, 0.2) is 24.3 Å². The Kier molecular flexibility index (Phi) is 6.50. The van der Waals surface area contributed by atoms with Crippen molar-refractivity contribution in [1.29, 1.82) is 0 Å². The number of fused-ring (bicyclic) bond motifs is 1. The van der Waals surface area contributed by atoms with Crippen LogP contribution >= 0.6 is 0 Å². The lowest BCUT2D eigenvalue weighted by Crippen LogP contribution is -2.18. The second kappa shape index (κ2) is 9.11. The van der Waals surface area contributed by atoms with E-state index in [0.29, 0.717) is 24.8 Å². The number of aryl methyl sites for hydroxylation is 1. The van der Waals surface area contributed by atoms with Crippen LogP contribution in [-0.4, -0.2) is 0 Å². The zero-order valence-corrected chi connectivity index (χ0v) is 17.6. The van der Waals surface area contributed by atoms with E-state index in [9.17, 15) is 8.78 Å². The van der Waals surface area contributed by atoms with E-state index in [0.717, 1.165) is 42.7 Å². The first-order valence-electron chi connectivity index (χ1n) is 11.4. The molecule has 0 aliphatic heterocycles. The second-order valence-electron chi connectivity index (χ2n) is 9.23. The molecule has 30 heavy (non-hydrogen) atoms. The van der Waals surface area contributed by atoms with Crippen LogP contribution in [0.4, 0.5) is 17.6 Å². The summed E-state index contributed by atoms with van der Waals surface area (Å²) in [6, 6.07) is 5.44. The Hall–Kier alpha value is -1.84. The normalized spacial score (nSPS) is 24.0. The van der Waals surface area contributed by atoms with Crippen LogP contribution in [0.2, 0.25) is 0 Å². The third-order valence-electron chi connectivity index (χ3n) is 7.26. The first kappa shape index (κ1) is 21.4. The zero-order valence-electron chi connectivity index (χ0n) is 17.6. The van der Waals surface area contributed by atoms with E-state index < -0.39 is 23.3 Å². The summed E-state index contributed by atoms with van der Waals surface area (Å²) in [6.07, 6.45) is 9.37. The van der Waals surface area contributed by atoms with Gasteiger partial charge in [0.1, 0.15) is 11.6 Å². The maximum Gasteiger partial charge on any atom is 0.159 e. The molecule has 2 aliphatic carbocycles. The highest BCUT2D eigenvalue weighted by Crippen LogP contribution is 2.41. The van der Waals surface area contributed by atoms with Gasteiger partial charge in [0.05, 0.1) is 0 Å². The Bertz CT molecular complexity index is 873. The van der Waals surface area contributed by atoms with E-state index in [1.807, 2.05) is 0 Å². The van der Waals surface area contributed by atoms with Gasteiger partial charge in [-0.2, -0.15) is 0 Å². The van der Waals surface area contributed by atoms with Crippen molar-refractivity contribution in [2.24, 2.45) is 5.92 Å². The molecule has 1 saturated carbocycles. The summed E-state index contributed by atoms with van der Waals surface area (Å²) in [5, 5.41) is 0. The summed E-state index contributed by atoms with van der Waals surface area (Å²) < 4.78 is 57.2. The van der Waals surface area contributed by atoms with Gasteiger partial charge in [-0.1, -0.05) is 26.2 Å². The van der Waals surface area contributed by atoms with Crippen molar-refractivity contribution in [3.05, 3.63) is 69.8 Å². The minimum atomic E-state index is -0.903. The number of benzene rings is 2. The highest BCUT2D eigenvalue weighted by molar-refractivity contribution is 5.37. The fourth-order valence-electron chi connectivity index (χ4n) is 5.50. The summed E-state index contributed by atoms with van der Waals surface area (Å²) in [6.45, 7) is 2.21. The summed E-state index contributed by atoms with van der Waals surface area (Å²) in [5.74, 6) is -2.11. The van der Waals surface area contributed by atoms with E-state index in [4.69, 9.17) is 0 Å². The summed E-state index contributed by atoms with van der Waals surface area (Å²) >= 11 is 0. The molecule has 2 aromatic carbocycles. The molecule has 4 rings (SSSR count). The molecule has 4 heteroatoms. The Morgan fingerprint density at radius 1 is 0.733 bits per heavy atom. The van der Waals surface area contributed by atoms with Gasteiger partial charge in [0.25, 0.3) is 0 Å². The molecule has 0 saturated heterocycles. The van der Waals surface area contributed by atoms with Crippen LogP contribution in [0.25, 0.3) is 0 Å². The quantitative estimate of drug-likeness (QED) is 0.432. The topological polar surface area (TPSA) is 0 Å². The van der Waals surface area contributed by atoms with Gasteiger partial charge in [-0.25, -0.2) is 17.6 Å². The predicted molar refractivity (Wildman–Crippen MR) is 112 cm³/mol. The fourth-order valence-corrected chi connectivity index (χ4v) is 5.50. The number of halogens is 4. The molecule has 2 aromatic rings. The van der Waals surface area contributed by atoms with Crippen LogP contribution in [0, 0.1) is 29.2 Å². The third-order valence-corrected chi connectivity index (χ3v) is 7.26. The van der Waals surface area contributed by atoms with E-state index >= 15 is 8.78 Å². The Labute approximate surface area is 176 Å². The lowest BCUT2D eigenvalue weighted by molar-refractivity contribution is 0.303. The first-order valence-corrected chi connectivity index (χ1v) is 11.4. The monoisotopic (exact) mass is 418 g/mol. The Morgan fingerprint density at radius 2 is 1.37 bits per heavy atom. The lowest BCUT2D eigenvalue weighted by Gasteiger charge is -2.30. The van der Waals surface area contributed by atoms with Gasteiger partial charge < -0.3 is 0 Å². The average Bonchev–Trinajstić information content (AvgIpc) is 2.73. The number of rotatable bonds is 5. The highest BCUT2D eigenvalue weighted by atomic mass is 19.2. The van der Waals surface area contributed by atoms with Gasteiger partial charge in [0.2, 0.25) is 0 Å². The Balaban J connectivity index is 1.49. The molecule has 0 radical (unpaired) electrons. The van der Waals surface area contributed by atoms with Crippen LogP contribution in [0.1, 0.15) is 92.4 Å². The van der Waals surface area contributed by atoms with Gasteiger partial charge in [-0.05, 0) is 104 Å². The van der Waals surface area contributed by atoms with Crippen LogP contribution in [0.5, 0.6) is 0 Å². The molecular formula is C26H30F4. The van der Waals surface area contributed by atoms with Gasteiger partial charge in [0.15, 0.2) is 11.6 Å². The molecule has 0 bridgehead atoms. The Morgan fingerprint density at radius 3 is 2.00 bits per heavy atom. The second-order valence-corrected chi connectivity index (χ2v) is 9.23. The van der Waals surface area contributed by atoms with Gasteiger partial charge >= 0.3 is 0 Å². The van der Waals surface area contributed by atoms with Gasteiger partial charge in [-0.15, -0.1) is 0 Å². The van der Waals surface area contributed by atoms with Crippen molar-refractivity contribution >= 4 is 0 Å². The predicted octanol–water partition coefficient (Wildman–Crippen LogP) is 7.98. The zero-order chi connectivity index (χ0) is 21.3. The molecule has 0 nitrogen and oxygen atoms in total. The number of hydrogen-bond acceptors (Lipinski definition) is 0. The van der Waals surface area contributed by atoms with Crippen molar-refractivity contribution in [1.82, 2.24) is 0 Å². The lowest BCUT2D eigenvalue weighted by atomic mass is 9.76. The van der Waals surface area contributed by atoms with Gasteiger partial charge in [0, 0.05) is 5.56 Å². The molecule has 1 unspecified atom stereocenters. The molecular weight excluding hydrogens is 388 g/mol. The minimum Gasteiger partial charge on any atom is -0.207 e. The van der Waals surface area contributed by atoms with E-state index in [1.54, 1.807) is 0 Å². The first-order chi connectivity index (χ1) is 14.5. The molecule has 0 aromatic heterocycles. The average molecular weight is 419 g/mol. The maximum atomic E-state index is 15.0. The van der Waals surface area contributed by atoms with E-state index in [2.05, 4.69) is 6.92 Å². The van der Waals surface area contributed by atoms with E-state index in [-0.39, 0.29) is 17.4 Å². The summed E-state index contributed by atoms with van der Waals surface area (Å²) in [7, 11) is 0. The largest absolute Gasteiger partial charge is 0.207 e. The molecule has 1 fully saturated rings. The minimum absolute atomic E-state index is 0.103. The van der Waals surface area contributed by atoms with Gasteiger partial charge in [-0.3, -0.25) is 0 Å². The molecule has 0 spiro atoms. The SMILES string of the molecule is CCCCC1CCC(c2cc(F)c(C3CCc4cc(F)c(F)cc4C3)c(F)c2)CC1. The third kappa shape index (κ3) is 4.43. The van der Waals surface area contributed by atoms with Crippen molar-refractivity contribution in [2.45, 2.75) is 83.0 Å². The molecule has 0 heterocycles. The summed E-state index contributed by atoms with van der Waals surface area (Å²) in [4.78, 5) is 0. The van der Waals surface area contributed by atoms with Crippen LogP contribution in [0.3, 0.4) is 0 Å². The molecule has 2 aliphatic rings. The molecule has 162 valence electrons. The maximum absolute atomic E-state index is 15.0. The molecule has 0 N–H and O–H groups in total. The van der Waals surface area contributed by atoms with Crippen molar-refractivity contribution in [2.75, 3.05) is 0 Å². The highest BCUT2D eigenvalue weighted by Gasteiger charge is 2.29. The number of hydrogen-bond donors (Lipinski definition) is 0. The molecule has 1 atom stereocenters. The molecule has 0 amide bonds. The standard InChI is InChI=1S/C26H30F4/c1-2-3-4-16-5-7-17(8-6-16)21-14-24(29)26(25(30)15-21)19-10-9-18-12-22(27)23(28)13-20(18)11-19/h12-17,19H,2-11H2,1H3. The van der Waals surface area contributed by atoms with E-state index in [1.165, 1.54) is 43.5 Å². The summed E-state index contributed by atoms with van der Waals surface area (Å²) in [5.41, 5.74) is 2.26. The number of unbranched alkanes of at least 4 members (excludes halogenated alkanes) is 1. The van der Waals surface area contributed by atoms with Crippen LogP contribution in [-0.2, 0) is 12.8 Å². The van der Waals surface area contributed by atoms with Crippen molar-refractivity contribution in [3.63, 3.8) is 0 Å². The smallest absolute Gasteiger partial charge is 0.159 e. The fraction of sp³-hybridized carbons (Fsp3) is 0.538. The van der Waals surface area contributed by atoms with Crippen LogP contribution < -0.4 is 0 Å². The van der Waals surface area contributed by atoms with Crippen molar-refractivity contribution in [3.8, 4) is 0 Å². The van der Waals surface area contributed by atoms with Crippen molar-refractivity contribution < 1.29 is 17.6 Å².